The summed E-state index contributed by atoms with van der Waals surface area (Å²) >= 11 is 0. The van der Waals surface area contributed by atoms with Gasteiger partial charge in [-0.3, -0.25) is 4.79 Å². The summed E-state index contributed by atoms with van der Waals surface area (Å²) < 4.78 is 0. The number of hydrogen-bond donors (Lipinski definition) is 3. The summed E-state index contributed by atoms with van der Waals surface area (Å²) in [6.07, 6.45) is 4.74. The van der Waals surface area contributed by atoms with Crippen LogP contribution in [0, 0.1) is 0 Å². The van der Waals surface area contributed by atoms with Crippen molar-refractivity contribution in [2.24, 2.45) is 0 Å². The van der Waals surface area contributed by atoms with E-state index in [-0.39, 0.29) is 5.91 Å². The smallest absolute Gasteiger partial charge is 0.273 e. The first-order valence-corrected chi connectivity index (χ1v) is 8.58. The van der Waals surface area contributed by atoms with Crippen LogP contribution in [0.25, 0.3) is 11.5 Å². The van der Waals surface area contributed by atoms with Crippen LogP contribution in [0.5, 0.6) is 0 Å². The van der Waals surface area contributed by atoms with Crippen LogP contribution < -0.4 is 10.2 Å². The molecule has 3 N–H and O–H groups in total. The van der Waals surface area contributed by atoms with Gasteiger partial charge in [0, 0.05) is 37.6 Å². The van der Waals surface area contributed by atoms with Crippen LogP contribution in [0.3, 0.4) is 0 Å². The normalized spacial score (nSPS) is 15.2. The van der Waals surface area contributed by atoms with Crippen LogP contribution in [0.1, 0.15) is 10.5 Å². The first-order valence-electron chi connectivity index (χ1n) is 8.58. The Morgan fingerprint density at radius 1 is 1.12 bits per heavy atom. The summed E-state index contributed by atoms with van der Waals surface area (Å²) in [4.78, 5) is 31.2. The average Bonchev–Trinajstić information content (AvgIpc) is 3.35. The fourth-order valence-electron chi connectivity index (χ4n) is 2.98. The number of aromatic nitrogens is 4. The Kier molecular flexibility index (Phi) is 4.40. The highest BCUT2D eigenvalue weighted by molar-refractivity contribution is 6.03. The number of imidazole rings is 2. The van der Waals surface area contributed by atoms with E-state index in [1.165, 1.54) is 11.9 Å². The Labute approximate surface area is 151 Å². The lowest BCUT2D eigenvalue weighted by molar-refractivity contribution is 0.102. The molecule has 134 valence electrons. The molecule has 1 saturated heterocycles. The van der Waals surface area contributed by atoms with E-state index in [0.29, 0.717) is 11.5 Å². The second-order valence-electron chi connectivity index (χ2n) is 6.40. The van der Waals surface area contributed by atoms with Gasteiger partial charge in [-0.1, -0.05) is 0 Å². The fourth-order valence-corrected chi connectivity index (χ4v) is 2.98. The molecule has 8 heteroatoms. The standard InChI is InChI=1S/C18H21N7O/c1-24-6-8-25(9-7-24)14-4-2-13(3-5-14)22-18(26)16-11-20-17(23-16)15-10-19-12-21-15/h2-5,10-12H,6-9H2,1H3,(H,19,21)(H,20,23)(H,22,26). The summed E-state index contributed by atoms with van der Waals surface area (Å²) in [6.45, 7) is 4.17. The topological polar surface area (TPSA) is 92.9 Å². The first kappa shape index (κ1) is 16.3. The largest absolute Gasteiger partial charge is 0.369 e. The van der Waals surface area contributed by atoms with Crippen molar-refractivity contribution in [2.45, 2.75) is 0 Å². The number of amides is 1. The van der Waals surface area contributed by atoms with Gasteiger partial charge in [-0.25, -0.2) is 9.97 Å². The molecule has 1 aliphatic rings. The Morgan fingerprint density at radius 2 is 1.88 bits per heavy atom. The number of piperazine rings is 1. The monoisotopic (exact) mass is 351 g/mol. The summed E-state index contributed by atoms with van der Waals surface area (Å²) in [5.41, 5.74) is 3.07. The van der Waals surface area contributed by atoms with Crippen molar-refractivity contribution in [2.75, 3.05) is 43.4 Å². The van der Waals surface area contributed by atoms with Gasteiger partial charge in [-0.2, -0.15) is 0 Å². The van der Waals surface area contributed by atoms with Gasteiger partial charge in [0.1, 0.15) is 11.4 Å². The van der Waals surface area contributed by atoms with Crippen LogP contribution in [0.2, 0.25) is 0 Å². The first-order chi connectivity index (χ1) is 12.7. The highest BCUT2D eigenvalue weighted by atomic mass is 16.1. The molecule has 1 amide bonds. The minimum atomic E-state index is -0.226. The van der Waals surface area contributed by atoms with Crippen molar-refractivity contribution in [3.8, 4) is 11.5 Å². The molecule has 1 fully saturated rings. The summed E-state index contributed by atoms with van der Waals surface area (Å²) in [5, 5.41) is 2.89. The zero-order chi connectivity index (χ0) is 17.9. The molecule has 8 nitrogen and oxygen atoms in total. The van der Waals surface area contributed by atoms with Crippen molar-refractivity contribution in [1.82, 2.24) is 24.8 Å². The zero-order valence-corrected chi connectivity index (χ0v) is 14.6. The third-order valence-corrected chi connectivity index (χ3v) is 4.57. The van der Waals surface area contributed by atoms with Gasteiger partial charge in [0.05, 0.1) is 18.7 Å². The molecule has 3 heterocycles. The van der Waals surface area contributed by atoms with Gasteiger partial charge in [0.15, 0.2) is 5.82 Å². The summed E-state index contributed by atoms with van der Waals surface area (Å²) in [7, 11) is 2.14. The van der Waals surface area contributed by atoms with Crippen LogP contribution in [0.15, 0.2) is 43.0 Å². The molecule has 0 atom stereocenters. The summed E-state index contributed by atoms with van der Waals surface area (Å²) in [6, 6.07) is 7.95. The maximum Gasteiger partial charge on any atom is 0.273 e. The van der Waals surface area contributed by atoms with E-state index in [0.717, 1.165) is 37.6 Å². The van der Waals surface area contributed by atoms with Gasteiger partial charge >= 0.3 is 0 Å². The van der Waals surface area contributed by atoms with Gasteiger partial charge < -0.3 is 25.1 Å². The van der Waals surface area contributed by atoms with E-state index < -0.39 is 0 Å². The zero-order valence-electron chi connectivity index (χ0n) is 14.6. The fraction of sp³-hybridized carbons (Fsp3) is 0.278. The second-order valence-corrected chi connectivity index (χ2v) is 6.40. The minimum absolute atomic E-state index is 0.226. The Bertz CT molecular complexity index is 861. The maximum absolute atomic E-state index is 12.4. The van der Waals surface area contributed by atoms with Crippen LogP contribution in [-0.2, 0) is 0 Å². The van der Waals surface area contributed by atoms with Crippen molar-refractivity contribution in [3.63, 3.8) is 0 Å². The minimum Gasteiger partial charge on any atom is -0.369 e. The molecule has 1 aliphatic heterocycles. The lowest BCUT2D eigenvalue weighted by atomic mass is 10.2. The highest BCUT2D eigenvalue weighted by Gasteiger charge is 2.15. The van der Waals surface area contributed by atoms with Crippen molar-refractivity contribution >= 4 is 17.3 Å². The number of likely N-dealkylation sites (N-methyl/N-ethyl adjacent to an activating group) is 1. The van der Waals surface area contributed by atoms with Gasteiger partial charge in [-0.15, -0.1) is 0 Å². The lowest BCUT2D eigenvalue weighted by Gasteiger charge is -2.34. The van der Waals surface area contributed by atoms with E-state index in [9.17, 15) is 4.79 Å². The SMILES string of the molecule is CN1CCN(c2ccc(NC(=O)c3cnc(-c4cnc[nH]4)[nH]3)cc2)CC1. The average molecular weight is 351 g/mol. The molecule has 4 rings (SSSR count). The van der Waals surface area contributed by atoms with Gasteiger partial charge in [0.2, 0.25) is 0 Å². The summed E-state index contributed by atoms with van der Waals surface area (Å²) in [5.74, 6) is 0.355. The molecule has 0 saturated carbocycles. The van der Waals surface area contributed by atoms with E-state index >= 15 is 0 Å². The van der Waals surface area contributed by atoms with Gasteiger partial charge in [0.25, 0.3) is 5.91 Å². The number of benzene rings is 1. The van der Waals surface area contributed by atoms with Gasteiger partial charge in [-0.05, 0) is 31.3 Å². The Balaban J connectivity index is 1.40. The predicted octanol–water partition coefficient (Wildman–Crippen LogP) is 1.80. The molecule has 0 bridgehead atoms. The van der Waals surface area contributed by atoms with Crippen molar-refractivity contribution < 1.29 is 4.79 Å². The molecule has 0 radical (unpaired) electrons. The lowest BCUT2D eigenvalue weighted by Crippen LogP contribution is -2.44. The number of rotatable bonds is 4. The molecule has 0 aliphatic carbocycles. The Morgan fingerprint density at radius 3 is 2.58 bits per heavy atom. The predicted molar refractivity (Wildman–Crippen MR) is 100 cm³/mol. The van der Waals surface area contributed by atoms with E-state index in [1.807, 2.05) is 24.3 Å². The highest BCUT2D eigenvalue weighted by Crippen LogP contribution is 2.20. The van der Waals surface area contributed by atoms with Crippen molar-refractivity contribution in [3.05, 3.63) is 48.7 Å². The number of H-pyrrole nitrogens is 2. The number of carbonyl (C=O) groups excluding carboxylic acids is 1. The molecule has 26 heavy (non-hydrogen) atoms. The van der Waals surface area contributed by atoms with E-state index in [1.54, 1.807) is 12.5 Å². The molecule has 0 unspecified atom stereocenters. The number of nitrogens with one attached hydrogen (secondary N) is 3. The maximum atomic E-state index is 12.4. The molecule has 0 spiro atoms. The number of carbonyl (C=O) groups is 1. The number of aromatic amines is 2. The quantitative estimate of drug-likeness (QED) is 0.667. The number of nitrogens with zero attached hydrogens (tertiary/aromatic N) is 4. The van der Waals surface area contributed by atoms with E-state index in [2.05, 4.69) is 42.1 Å². The molecule has 2 aromatic heterocycles. The number of hydrogen-bond acceptors (Lipinski definition) is 5. The van der Waals surface area contributed by atoms with E-state index in [4.69, 9.17) is 0 Å². The number of anilines is 2. The third-order valence-electron chi connectivity index (χ3n) is 4.57. The second kappa shape index (κ2) is 7.01. The molecule has 1 aromatic carbocycles. The molecular weight excluding hydrogens is 330 g/mol. The molecular formula is C18H21N7O. The molecule has 3 aromatic rings. The van der Waals surface area contributed by atoms with Crippen molar-refractivity contribution in [1.29, 1.82) is 0 Å². The Hall–Kier alpha value is -3.13. The van der Waals surface area contributed by atoms with Crippen LogP contribution >= 0.6 is 0 Å². The van der Waals surface area contributed by atoms with Crippen LogP contribution in [0.4, 0.5) is 11.4 Å². The van der Waals surface area contributed by atoms with Crippen LogP contribution in [-0.4, -0.2) is 64.0 Å². The third kappa shape index (κ3) is 3.45.